The molecule has 1 rings (SSSR count). The van der Waals surface area contributed by atoms with Crippen molar-refractivity contribution in [2.45, 2.75) is 99.7 Å². The van der Waals surface area contributed by atoms with E-state index < -0.39 is 17.6 Å². The van der Waals surface area contributed by atoms with Crippen LogP contribution >= 0.6 is 0 Å². The van der Waals surface area contributed by atoms with Gasteiger partial charge in [0.1, 0.15) is 5.84 Å². The average Bonchev–Trinajstić information content (AvgIpc) is 3.31. The summed E-state index contributed by atoms with van der Waals surface area (Å²) in [7, 11) is -5.46. The Hall–Kier alpha value is -0.666. The van der Waals surface area contributed by atoms with Crippen LogP contribution in [-0.2, 0) is 26.6 Å². The summed E-state index contributed by atoms with van der Waals surface area (Å²) in [5.41, 5.74) is 1.04. The van der Waals surface area contributed by atoms with Gasteiger partial charge >= 0.3 is 17.6 Å². The van der Waals surface area contributed by atoms with Gasteiger partial charge in [-0.3, -0.25) is 9.98 Å². The Morgan fingerprint density at radius 2 is 1.26 bits per heavy atom. The molecule has 0 aromatic heterocycles. The van der Waals surface area contributed by atoms with Gasteiger partial charge < -0.3 is 31.5 Å². The van der Waals surface area contributed by atoms with Crippen LogP contribution < -0.4 is 0 Å². The van der Waals surface area contributed by atoms with Gasteiger partial charge in [-0.05, 0) is 73.6 Å². The molecule has 0 aromatic carbocycles. The van der Waals surface area contributed by atoms with E-state index in [1.54, 1.807) is 0 Å². The van der Waals surface area contributed by atoms with E-state index in [4.69, 9.17) is 36.5 Å². The number of hydrogen-bond donors (Lipinski definition) is 0. The van der Waals surface area contributed by atoms with E-state index in [1.165, 1.54) is 0 Å². The molecular weight excluding hydrogens is 518 g/mol. The Balaban J connectivity index is 3.09. The monoisotopic (exact) mass is 575 g/mol. The zero-order valence-electron chi connectivity index (χ0n) is 25.8. The van der Waals surface area contributed by atoms with Crippen molar-refractivity contribution in [2.24, 2.45) is 15.9 Å². The van der Waals surface area contributed by atoms with Gasteiger partial charge in [-0.1, -0.05) is 13.8 Å². The maximum absolute atomic E-state index is 6.14. The molecule has 1 aliphatic rings. The summed E-state index contributed by atoms with van der Waals surface area (Å²) < 4.78 is 36.6. The topological polar surface area (TPSA) is 83.3 Å². The SMILES string of the molecule is CCO[Si](CCCN1CCN=C1C(CC[Si](OCC)(OCC)OCC)=NC(C)CC(C)C)(OCC)OCC. The Morgan fingerprint density at radius 1 is 0.789 bits per heavy atom. The second-order valence-electron chi connectivity index (χ2n) is 9.81. The third-order valence-corrected chi connectivity index (χ3v) is 12.3. The molecule has 0 aromatic rings. The van der Waals surface area contributed by atoms with E-state index in [9.17, 15) is 0 Å². The second-order valence-corrected chi connectivity index (χ2v) is 15.3. The van der Waals surface area contributed by atoms with E-state index in [2.05, 4.69) is 25.7 Å². The van der Waals surface area contributed by atoms with Crippen molar-refractivity contribution in [3.05, 3.63) is 0 Å². The summed E-state index contributed by atoms with van der Waals surface area (Å²) in [6, 6.07) is 1.70. The summed E-state index contributed by atoms with van der Waals surface area (Å²) in [4.78, 5) is 12.5. The quantitative estimate of drug-likeness (QED) is 0.118. The van der Waals surface area contributed by atoms with Crippen LogP contribution in [0.1, 0.15) is 81.6 Å². The van der Waals surface area contributed by atoms with Crippen molar-refractivity contribution >= 4 is 29.2 Å². The molecule has 0 fully saturated rings. The van der Waals surface area contributed by atoms with Gasteiger partial charge in [0.2, 0.25) is 0 Å². The first-order valence-corrected chi connectivity index (χ1v) is 18.8. The minimum atomic E-state index is -2.79. The fraction of sp³-hybridized carbons (Fsp3) is 0.926. The molecule has 1 aliphatic heterocycles. The van der Waals surface area contributed by atoms with Crippen LogP contribution in [0, 0.1) is 5.92 Å². The molecule has 0 aliphatic carbocycles. The van der Waals surface area contributed by atoms with Crippen molar-refractivity contribution in [3.63, 3.8) is 0 Å². The van der Waals surface area contributed by atoms with Gasteiger partial charge in [-0.25, -0.2) is 0 Å². The molecule has 0 saturated heterocycles. The predicted molar refractivity (Wildman–Crippen MR) is 160 cm³/mol. The third kappa shape index (κ3) is 12.2. The molecule has 0 radical (unpaired) electrons. The molecule has 38 heavy (non-hydrogen) atoms. The van der Waals surface area contributed by atoms with Crippen molar-refractivity contribution in [1.82, 2.24) is 4.90 Å². The molecule has 0 amide bonds. The van der Waals surface area contributed by atoms with Crippen LogP contribution in [0.25, 0.3) is 0 Å². The third-order valence-electron chi connectivity index (χ3n) is 6.14. The van der Waals surface area contributed by atoms with Crippen molar-refractivity contribution < 1.29 is 26.6 Å². The summed E-state index contributed by atoms with van der Waals surface area (Å²) in [6.45, 7) is 24.7. The molecule has 0 spiro atoms. The largest absolute Gasteiger partial charge is 0.501 e. The first-order valence-electron chi connectivity index (χ1n) is 14.9. The number of aliphatic imine (C=N–C) groups is 2. The number of rotatable bonds is 23. The maximum atomic E-state index is 6.14. The standard InChI is InChI=1S/C27H57N3O6Si2/c1-10-31-37(32-11-2,33-12-3)21-16-19-30-20-18-28-27(30)26(29-25(9)23-24(7)8)17-22-38(34-13-4,35-14-5)36-15-6/h24-25H,10-23H2,1-9H3. The molecule has 1 atom stereocenters. The molecule has 0 N–H and O–H groups in total. The van der Waals surface area contributed by atoms with Gasteiger partial charge in [0.25, 0.3) is 0 Å². The number of amidine groups is 1. The lowest BCUT2D eigenvalue weighted by Gasteiger charge is -2.30. The maximum Gasteiger partial charge on any atom is 0.501 e. The van der Waals surface area contributed by atoms with Crippen LogP contribution in [-0.4, -0.2) is 99.4 Å². The number of hydrogen-bond acceptors (Lipinski definition) is 9. The highest BCUT2D eigenvalue weighted by atomic mass is 28.4. The first-order chi connectivity index (χ1) is 18.2. The minimum Gasteiger partial charge on any atom is -0.374 e. The van der Waals surface area contributed by atoms with Crippen LogP contribution in [0.2, 0.25) is 12.1 Å². The summed E-state index contributed by atoms with van der Waals surface area (Å²) in [5.74, 6) is 1.58. The summed E-state index contributed by atoms with van der Waals surface area (Å²) >= 11 is 0. The van der Waals surface area contributed by atoms with Gasteiger partial charge in [0, 0.05) is 70.9 Å². The fourth-order valence-corrected chi connectivity index (χ4v) is 10.1. The Morgan fingerprint density at radius 3 is 1.71 bits per heavy atom. The van der Waals surface area contributed by atoms with E-state index in [-0.39, 0.29) is 6.04 Å². The van der Waals surface area contributed by atoms with Crippen molar-refractivity contribution in [1.29, 1.82) is 0 Å². The van der Waals surface area contributed by atoms with Gasteiger partial charge in [-0.2, -0.15) is 0 Å². The molecular formula is C27H57N3O6Si2. The molecule has 11 heteroatoms. The van der Waals surface area contributed by atoms with Crippen molar-refractivity contribution in [2.75, 3.05) is 59.3 Å². The lowest BCUT2D eigenvalue weighted by Crippen LogP contribution is -2.47. The highest BCUT2D eigenvalue weighted by Crippen LogP contribution is 2.23. The molecule has 9 nitrogen and oxygen atoms in total. The highest BCUT2D eigenvalue weighted by molar-refractivity contribution is 6.61. The van der Waals surface area contributed by atoms with Crippen LogP contribution in [0.4, 0.5) is 0 Å². The second kappa shape index (κ2) is 19.4. The molecule has 224 valence electrons. The molecule has 1 heterocycles. The van der Waals surface area contributed by atoms with E-state index in [1.807, 2.05) is 41.5 Å². The highest BCUT2D eigenvalue weighted by Gasteiger charge is 2.42. The number of nitrogens with zero attached hydrogens (tertiary/aromatic N) is 3. The Kier molecular flexibility index (Phi) is 18.1. The molecule has 0 bridgehead atoms. The fourth-order valence-electron chi connectivity index (χ4n) is 4.97. The van der Waals surface area contributed by atoms with E-state index in [0.29, 0.717) is 51.6 Å². The normalized spacial score (nSPS) is 16.0. The summed E-state index contributed by atoms with van der Waals surface area (Å²) in [6.07, 6.45) is 2.67. The van der Waals surface area contributed by atoms with Gasteiger partial charge in [-0.15, -0.1) is 0 Å². The lowest BCUT2D eigenvalue weighted by molar-refractivity contribution is 0.0700. The predicted octanol–water partition coefficient (Wildman–Crippen LogP) is 5.45. The van der Waals surface area contributed by atoms with Gasteiger partial charge in [0.15, 0.2) is 0 Å². The Bertz CT molecular complexity index is 662. The van der Waals surface area contributed by atoms with Crippen molar-refractivity contribution in [3.8, 4) is 0 Å². The van der Waals surface area contributed by atoms with Crippen LogP contribution in [0.15, 0.2) is 9.98 Å². The first kappa shape index (κ1) is 35.4. The lowest BCUT2D eigenvalue weighted by atomic mass is 10.1. The van der Waals surface area contributed by atoms with E-state index in [0.717, 1.165) is 56.5 Å². The van der Waals surface area contributed by atoms with Crippen LogP contribution in [0.5, 0.6) is 0 Å². The smallest absolute Gasteiger partial charge is 0.374 e. The Labute approximate surface area is 235 Å². The van der Waals surface area contributed by atoms with Crippen LogP contribution in [0.3, 0.4) is 0 Å². The average molecular weight is 576 g/mol. The van der Waals surface area contributed by atoms with Gasteiger partial charge in [0.05, 0.1) is 12.3 Å². The molecule has 1 unspecified atom stereocenters. The summed E-state index contributed by atoms with van der Waals surface area (Å²) in [5, 5.41) is 0. The minimum absolute atomic E-state index is 0.214. The zero-order chi connectivity index (χ0) is 28.4. The van der Waals surface area contributed by atoms with E-state index >= 15 is 0 Å². The molecule has 0 saturated carbocycles. The zero-order valence-corrected chi connectivity index (χ0v) is 27.8.